The monoisotopic (exact) mass is 452 g/mol. The third kappa shape index (κ3) is 4.08. The number of urea groups is 1. The summed E-state index contributed by atoms with van der Waals surface area (Å²) in [7, 11) is 0. The molecule has 0 saturated heterocycles. The smallest absolute Gasteiger partial charge is 0.320 e. The van der Waals surface area contributed by atoms with Crippen molar-refractivity contribution in [2.75, 3.05) is 5.32 Å². The summed E-state index contributed by atoms with van der Waals surface area (Å²) < 4.78 is 3.00. The van der Waals surface area contributed by atoms with Crippen LogP contribution in [0.3, 0.4) is 0 Å². The Balaban J connectivity index is 1.47. The van der Waals surface area contributed by atoms with Crippen LogP contribution in [0.5, 0.6) is 0 Å². The molecule has 0 aliphatic heterocycles. The summed E-state index contributed by atoms with van der Waals surface area (Å²) in [4.78, 5) is 12.7. The number of aromatic nitrogens is 2. The van der Waals surface area contributed by atoms with Gasteiger partial charge in [0.2, 0.25) is 0 Å². The Labute approximate surface area is 179 Å². The lowest BCUT2D eigenvalue weighted by atomic mass is 9.85. The van der Waals surface area contributed by atoms with Gasteiger partial charge in [-0.2, -0.15) is 5.10 Å². The molecular weight excluding hydrogens is 428 g/mol. The summed E-state index contributed by atoms with van der Waals surface area (Å²) in [6.07, 6.45) is 0.916. The van der Waals surface area contributed by atoms with E-state index < -0.39 is 0 Å². The first-order valence-electron chi connectivity index (χ1n) is 9.77. The molecule has 1 aromatic heterocycles. The lowest BCUT2D eigenvalue weighted by Crippen LogP contribution is -2.38. The summed E-state index contributed by atoms with van der Waals surface area (Å²) in [5.41, 5.74) is 4.55. The van der Waals surface area contributed by atoms with E-state index in [0.29, 0.717) is 12.4 Å². The summed E-state index contributed by atoms with van der Waals surface area (Å²) in [6.45, 7) is 7.03. The van der Waals surface area contributed by atoms with Crippen molar-refractivity contribution in [1.82, 2.24) is 15.1 Å². The molecule has 6 heteroatoms. The fourth-order valence-electron chi connectivity index (χ4n) is 4.06. The molecule has 2 aromatic carbocycles. The van der Waals surface area contributed by atoms with Crippen LogP contribution in [0.2, 0.25) is 0 Å². The van der Waals surface area contributed by atoms with Gasteiger partial charge in [-0.15, -0.1) is 0 Å². The van der Waals surface area contributed by atoms with Gasteiger partial charge in [-0.1, -0.05) is 72.2 Å². The number of halogens is 1. The van der Waals surface area contributed by atoms with Crippen molar-refractivity contribution in [2.24, 2.45) is 5.41 Å². The van der Waals surface area contributed by atoms with Crippen molar-refractivity contribution in [3.05, 3.63) is 81.5 Å². The molecule has 0 saturated carbocycles. The Hall–Kier alpha value is -2.60. The number of nitrogens with one attached hydrogen (secondary N) is 2. The van der Waals surface area contributed by atoms with Crippen LogP contribution in [-0.2, 0) is 13.0 Å². The highest BCUT2D eigenvalue weighted by molar-refractivity contribution is 9.10. The third-order valence-electron chi connectivity index (χ3n) is 5.55. The van der Waals surface area contributed by atoms with Crippen molar-refractivity contribution in [2.45, 2.75) is 39.8 Å². The lowest BCUT2D eigenvalue weighted by molar-refractivity contribution is 0.229. The van der Waals surface area contributed by atoms with Gasteiger partial charge in [0.15, 0.2) is 5.82 Å². The summed E-state index contributed by atoms with van der Waals surface area (Å²) in [5, 5.41) is 10.6. The molecule has 0 bridgehead atoms. The summed E-state index contributed by atoms with van der Waals surface area (Å²) >= 11 is 3.64. The average molecular weight is 453 g/mol. The van der Waals surface area contributed by atoms with Gasteiger partial charge < -0.3 is 5.32 Å². The van der Waals surface area contributed by atoms with E-state index in [0.717, 1.165) is 16.6 Å². The van der Waals surface area contributed by atoms with Gasteiger partial charge in [0.1, 0.15) is 0 Å². The Kier molecular flexibility index (Phi) is 5.21. The van der Waals surface area contributed by atoms with Crippen LogP contribution in [0.15, 0.2) is 59.1 Å². The van der Waals surface area contributed by atoms with Gasteiger partial charge in [0.25, 0.3) is 0 Å². The van der Waals surface area contributed by atoms with Gasteiger partial charge in [-0.3, -0.25) is 10.00 Å². The molecule has 0 fully saturated rings. The number of rotatable bonds is 4. The summed E-state index contributed by atoms with van der Waals surface area (Å²) in [6, 6.07) is 17.9. The Bertz CT molecular complexity index is 1040. The Morgan fingerprint density at radius 2 is 1.97 bits per heavy atom. The van der Waals surface area contributed by atoms with Crippen molar-refractivity contribution in [3.63, 3.8) is 0 Å². The SMILES string of the molecule is Cc1cc(NC(=O)NC2c3cccc(Br)c3CC2(C)C)nn1Cc1ccccc1. The fraction of sp³-hybridized carbons (Fsp3) is 0.304. The predicted octanol–water partition coefficient (Wildman–Crippen LogP) is 5.45. The van der Waals surface area contributed by atoms with Crippen LogP contribution in [0.25, 0.3) is 0 Å². The minimum absolute atomic E-state index is 0.0532. The van der Waals surface area contributed by atoms with Crippen molar-refractivity contribution >= 4 is 27.8 Å². The van der Waals surface area contributed by atoms with Gasteiger partial charge in [-0.05, 0) is 41.5 Å². The van der Waals surface area contributed by atoms with Crippen LogP contribution in [-0.4, -0.2) is 15.8 Å². The second-order valence-electron chi connectivity index (χ2n) is 8.32. The molecule has 1 unspecified atom stereocenters. The highest BCUT2D eigenvalue weighted by atomic mass is 79.9. The van der Waals surface area contributed by atoms with Gasteiger partial charge in [0.05, 0.1) is 12.6 Å². The maximum Gasteiger partial charge on any atom is 0.320 e. The lowest BCUT2D eigenvalue weighted by Gasteiger charge is -2.28. The average Bonchev–Trinajstić information content (AvgIpc) is 3.13. The van der Waals surface area contributed by atoms with Crippen molar-refractivity contribution in [3.8, 4) is 0 Å². The van der Waals surface area contributed by atoms with Gasteiger partial charge >= 0.3 is 6.03 Å². The van der Waals surface area contributed by atoms with E-state index in [2.05, 4.69) is 69.8 Å². The normalized spacial score (nSPS) is 17.0. The molecule has 2 N–H and O–H groups in total. The quantitative estimate of drug-likeness (QED) is 0.552. The van der Waals surface area contributed by atoms with E-state index in [4.69, 9.17) is 0 Å². The number of benzene rings is 2. The van der Waals surface area contributed by atoms with Gasteiger partial charge in [0, 0.05) is 16.2 Å². The standard InChI is InChI=1S/C23H25BrN4O/c1-15-12-20(27-28(15)14-16-8-5-4-6-9-16)25-22(29)26-21-17-10-7-11-19(24)18(17)13-23(21,2)3/h4-12,21H,13-14H2,1-3H3,(H2,25,26,27,29). The summed E-state index contributed by atoms with van der Waals surface area (Å²) in [5.74, 6) is 0.557. The van der Waals surface area contributed by atoms with E-state index in [1.165, 1.54) is 16.7 Å². The Morgan fingerprint density at radius 3 is 2.72 bits per heavy atom. The molecule has 150 valence electrons. The molecule has 1 aliphatic rings. The molecule has 1 aliphatic carbocycles. The largest absolute Gasteiger partial charge is 0.330 e. The van der Waals surface area contributed by atoms with Crippen LogP contribution in [0.4, 0.5) is 10.6 Å². The number of carbonyl (C=O) groups excluding carboxylic acids is 1. The van der Waals surface area contributed by atoms with E-state index in [1.807, 2.05) is 41.9 Å². The Morgan fingerprint density at radius 1 is 1.21 bits per heavy atom. The number of fused-ring (bicyclic) bond motifs is 1. The molecule has 1 atom stereocenters. The number of hydrogen-bond acceptors (Lipinski definition) is 2. The van der Waals surface area contributed by atoms with Crippen LogP contribution < -0.4 is 10.6 Å². The molecule has 0 spiro atoms. The zero-order valence-corrected chi connectivity index (χ0v) is 18.5. The number of hydrogen-bond donors (Lipinski definition) is 2. The van der Waals surface area contributed by atoms with Crippen molar-refractivity contribution in [1.29, 1.82) is 0 Å². The number of anilines is 1. The zero-order chi connectivity index (χ0) is 20.6. The highest BCUT2D eigenvalue weighted by Gasteiger charge is 2.40. The molecule has 0 radical (unpaired) electrons. The molecule has 29 heavy (non-hydrogen) atoms. The molecule has 5 nitrogen and oxygen atoms in total. The molecular formula is C23H25BrN4O. The second kappa shape index (κ2) is 7.67. The van der Waals surface area contributed by atoms with Gasteiger partial charge in [-0.25, -0.2) is 4.79 Å². The zero-order valence-electron chi connectivity index (χ0n) is 16.9. The third-order valence-corrected chi connectivity index (χ3v) is 6.30. The number of carbonyl (C=O) groups is 1. The van der Waals surface area contributed by atoms with E-state index in [-0.39, 0.29) is 17.5 Å². The maximum absolute atomic E-state index is 12.7. The van der Waals surface area contributed by atoms with E-state index in [9.17, 15) is 4.79 Å². The minimum Gasteiger partial charge on any atom is -0.330 e. The van der Waals surface area contributed by atoms with E-state index >= 15 is 0 Å². The molecule has 1 heterocycles. The molecule has 2 amide bonds. The molecule has 4 rings (SSSR count). The number of amides is 2. The van der Waals surface area contributed by atoms with E-state index in [1.54, 1.807) is 0 Å². The predicted molar refractivity (Wildman–Crippen MR) is 119 cm³/mol. The molecule has 3 aromatic rings. The van der Waals surface area contributed by atoms with Crippen LogP contribution >= 0.6 is 15.9 Å². The highest BCUT2D eigenvalue weighted by Crippen LogP contribution is 2.47. The topological polar surface area (TPSA) is 59.0 Å². The maximum atomic E-state index is 12.7. The number of nitrogens with zero attached hydrogens (tertiary/aromatic N) is 2. The van der Waals surface area contributed by atoms with Crippen LogP contribution in [0.1, 0.15) is 42.3 Å². The fourth-order valence-corrected chi connectivity index (χ4v) is 4.58. The van der Waals surface area contributed by atoms with Crippen LogP contribution in [0, 0.1) is 12.3 Å². The number of aryl methyl sites for hydroxylation is 1. The van der Waals surface area contributed by atoms with Crippen molar-refractivity contribution < 1.29 is 4.79 Å². The second-order valence-corrected chi connectivity index (χ2v) is 9.17. The first-order chi connectivity index (χ1) is 13.8. The first-order valence-corrected chi connectivity index (χ1v) is 10.6. The minimum atomic E-state index is -0.236. The first kappa shape index (κ1) is 19.7.